The Morgan fingerprint density at radius 1 is 0.895 bits per heavy atom. The molecule has 1 rings (SSSR count). The van der Waals surface area contributed by atoms with Crippen LogP contribution in [0.15, 0.2) is 29.3 Å². The summed E-state index contributed by atoms with van der Waals surface area (Å²) in [6.45, 7) is 0. The zero-order chi connectivity index (χ0) is 14.8. The quantitative estimate of drug-likeness (QED) is 0.574. The highest BCUT2D eigenvalue weighted by atomic mass is 19.4. The molecule has 0 aliphatic heterocycles. The number of carbonyl (C=O) groups is 1. The van der Waals surface area contributed by atoms with Gasteiger partial charge in [0.2, 0.25) is 5.71 Å². The lowest BCUT2D eigenvalue weighted by molar-refractivity contribution is -0.117. The Morgan fingerprint density at radius 2 is 1.32 bits per heavy atom. The Balaban J connectivity index is 3.17. The smallest absolute Gasteiger partial charge is 0.267 e. The molecule has 0 spiro atoms. The molecule has 0 saturated carbocycles. The summed E-state index contributed by atoms with van der Waals surface area (Å²) in [7, 11) is 0. The highest BCUT2D eigenvalue weighted by Crippen LogP contribution is 2.30. The van der Waals surface area contributed by atoms with Crippen molar-refractivity contribution < 1.29 is 35.5 Å². The fraction of sp³-hybridized carbons (Fsp3) is 0.200. The zero-order valence-electron chi connectivity index (χ0n) is 8.81. The number of aliphatic imine (C=N–C) groups is 1. The molecular weight excluding hydrogens is 283 g/mol. The van der Waals surface area contributed by atoms with Crippen LogP contribution in [0.25, 0.3) is 0 Å². The van der Waals surface area contributed by atoms with E-state index < -0.39 is 35.4 Å². The molecule has 0 saturated heterocycles. The Morgan fingerprint density at radius 3 is 1.68 bits per heavy atom. The lowest BCUT2D eigenvalue weighted by Crippen LogP contribution is -2.37. The lowest BCUT2D eigenvalue weighted by atomic mass is 10.2. The third-order valence-corrected chi connectivity index (χ3v) is 1.84. The van der Waals surface area contributed by atoms with Crippen molar-refractivity contribution in [2.45, 2.75) is 12.4 Å². The van der Waals surface area contributed by atoms with Crippen LogP contribution in [0, 0.1) is 5.82 Å². The number of hydrogen-bond acceptors (Lipinski definition) is 1. The van der Waals surface area contributed by atoms with Gasteiger partial charge >= 0.3 is 12.4 Å². The molecule has 9 heteroatoms. The highest BCUT2D eigenvalue weighted by molar-refractivity contribution is 6.07. The number of rotatable bonds is 1. The van der Waals surface area contributed by atoms with Gasteiger partial charge in [-0.3, -0.25) is 4.79 Å². The maximum absolute atomic E-state index is 12.5. The Hall–Kier alpha value is -1.93. The molecule has 2 nitrogen and oxygen atoms in total. The van der Waals surface area contributed by atoms with E-state index in [-0.39, 0.29) is 0 Å². The number of amides is 1. The van der Waals surface area contributed by atoms with Crippen LogP contribution in [0.1, 0.15) is 10.4 Å². The largest absolute Gasteiger partial charge is 0.438 e. The molecule has 0 aliphatic carbocycles. The summed E-state index contributed by atoms with van der Waals surface area (Å²) in [6.07, 6.45) is -11.6. The fourth-order valence-electron chi connectivity index (χ4n) is 1.05. The van der Waals surface area contributed by atoms with Crippen LogP contribution in [-0.2, 0) is 0 Å². The average Bonchev–Trinajstić information content (AvgIpc) is 2.23. The van der Waals surface area contributed by atoms with Crippen molar-refractivity contribution in [2.75, 3.05) is 0 Å². The zero-order valence-corrected chi connectivity index (χ0v) is 8.81. The number of hydrogen-bond donors (Lipinski definition) is 0. The van der Waals surface area contributed by atoms with E-state index in [1.54, 1.807) is 0 Å². The summed E-state index contributed by atoms with van der Waals surface area (Å²) < 4.78 is 85.0. The van der Waals surface area contributed by atoms with E-state index in [2.05, 4.69) is 0 Å². The fourth-order valence-corrected chi connectivity index (χ4v) is 1.05. The minimum Gasteiger partial charge on any atom is -0.267 e. The van der Waals surface area contributed by atoms with Gasteiger partial charge in [0.1, 0.15) is 5.82 Å². The first kappa shape index (κ1) is 15.1. The lowest BCUT2D eigenvalue weighted by Gasteiger charge is -2.12. The van der Waals surface area contributed by atoms with E-state index in [4.69, 9.17) is 0 Å². The first-order valence-corrected chi connectivity index (χ1v) is 4.55. The predicted molar refractivity (Wildman–Crippen MR) is 50.3 cm³/mol. The Labute approximate surface area is 101 Å². The van der Waals surface area contributed by atoms with Crippen LogP contribution < -0.4 is 0 Å². The number of halogens is 7. The predicted octanol–water partition coefficient (Wildman–Crippen LogP) is 3.53. The van der Waals surface area contributed by atoms with E-state index >= 15 is 0 Å². The second-order valence-electron chi connectivity index (χ2n) is 3.27. The molecule has 1 aromatic rings. The summed E-state index contributed by atoms with van der Waals surface area (Å²) in [5.74, 6) is -2.56. The van der Waals surface area contributed by atoms with Gasteiger partial charge in [-0.05, 0) is 24.3 Å². The van der Waals surface area contributed by atoms with Crippen LogP contribution in [-0.4, -0.2) is 24.0 Å². The molecule has 0 radical (unpaired) electrons. The molecule has 0 fully saturated rings. The third kappa shape index (κ3) is 4.04. The van der Waals surface area contributed by atoms with Gasteiger partial charge in [0.05, 0.1) is 0 Å². The summed E-state index contributed by atoms with van der Waals surface area (Å²) in [6, 6.07) is 2.88. The molecule has 0 aliphatic rings. The van der Waals surface area contributed by atoms with E-state index in [1.807, 2.05) is 4.99 Å². The van der Waals surface area contributed by atoms with Crippen LogP contribution >= 0.6 is 0 Å². The van der Waals surface area contributed by atoms with Gasteiger partial charge in [0, 0.05) is 5.56 Å². The van der Waals surface area contributed by atoms with Gasteiger partial charge < -0.3 is 0 Å². The average molecular weight is 287 g/mol. The maximum atomic E-state index is 12.5. The first-order chi connectivity index (χ1) is 8.51. The molecular formula is C10H4F7NO. The van der Waals surface area contributed by atoms with Crippen molar-refractivity contribution >= 4 is 11.6 Å². The Kier molecular flexibility index (Phi) is 3.97. The Bertz CT molecular complexity index is 482. The SMILES string of the molecule is O=C(N=C(C(F)(F)F)C(F)(F)F)c1ccc(F)cc1. The van der Waals surface area contributed by atoms with Gasteiger partial charge in [0.15, 0.2) is 0 Å². The minimum atomic E-state index is -5.81. The van der Waals surface area contributed by atoms with Crippen LogP contribution in [0.4, 0.5) is 30.7 Å². The first-order valence-electron chi connectivity index (χ1n) is 4.55. The number of alkyl halides is 6. The monoisotopic (exact) mass is 287 g/mol. The maximum Gasteiger partial charge on any atom is 0.438 e. The standard InChI is InChI=1S/C10H4F7NO/c11-6-3-1-5(2-4-6)7(19)18-8(9(12,13)14)10(15,16)17/h1-4H. The van der Waals surface area contributed by atoms with Gasteiger partial charge in [-0.1, -0.05) is 0 Å². The molecule has 1 amide bonds. The van der Waals surface area contributed by atoms with Crippen LogP contribution in [0.5, 0.6) is 0 Å². The second-order valence-corrected chi connectivity index (χ2v) is 3.27. The van der Waals surface area contributed by atoms with Crippen molar-refractivity contribution in [2.24, 2.45) is 4.99 Å². The van der Waals surface area contributed by atoms with E-state index in [0.717, 1.165) is 12.1 Å². The van der Waals surface area contributed by atoms with Crippen LogP contribution in [0.2, 0.25) is 0 Å². The summed E-state index contributed by atoms with van der Waals surface area (Å²) in [5, 5.41) is 0. The minimum absolute atomic E-state index is 0.590. The summed E-state index contributed by atoms with van der Waals surface area (Å²) >= 11 is 0. The molecule has 1 aromatic carbocycles. The number of benzene rings is 1. The molecule has 19 heavy (non-hydrogen) atoms. The van der Waals surface area contributed by atoms with Crippen molar-refractivity contribution in [1.82, 2.24) is 0 Å². The molecule has 0 heterocycles. The van der Waals surface area contributed by atoms with Crippen molar-refractivity contribution in [3.05, 3.63) is 35.6 Å². The third-order valence-electron chi connectivity index (χ3n) is 1.84. The molecule has 0 bridgehead atoms. The van der Waals surface area contributed by atoms with Gasteiger partial charge in [-0.2, -0.15) is 31.3 Å². The molecule has 0 unspecified atom stereocenters. The molecule has 0 N–H and O–H groups in total. The van der Waals surface area contributed by atoms with Gasteiger partial charge in [-0.25, -0.2) is 4.39 Å². The van der Waals surface area contributed by atoms with Crippen molar-refractivity contribution in [3.8, 4) is 0 Å². The van der Waals surface area contributed by atoms with E-state index in [0.29, 0.717) is 12.1 Å². The van der Waals surface area contributed by atoms with E-state index in [9.17, 15) is 35.5 Å². The normalized spacial score (nSPS) is 12.2. The highest BCUT2D eigenvalue weighted by Gasteiger charge is 2.53. The second kappa shape index (κ2) is 4.98. The number of carbonyl (C=O) groups excluding carboxylic acids is 1. The number of nitrogens with zero attached hydrogens (tertiary/aromatic N) is 1. The topological polar surface area (TPSA) is 29.4 Å². The molecule has 104 valence electrons. The van der Waals surface area contributed by atoms with Gasteiger partial charge in [-0.15, -0.1) is 0 Å². The van der Waals surface area contributed by atoms with Crippen molar-refractivity contribution in [1.29, 1.82) is 0 Å². The molecule has 0 aromatic heterocycles. The molecule has 0 atom stereocenters. The summed E-state index contributed by atoms with van der Waals surface area (Å²) in [4.78, 5) is 13.2. The van der Waals surface area contributed by atoms with Crippen LogP contribution in [0.3, 0.4) is 0 Å². The van der Waals surface area contributed by atoms with Gasteiger partial charge in [0.25, 0.3) is 5.91 Å². The van der Waals surface area contributed by atoms with Crippen molar-refractivity contribution in [3.63, 3.8) is 0 Å². The van der Waals surface area contributed by atoms with E-state index in [1.165, 1.54) is 0 Å². The summed E-state index contributed by atoms with van der Waals surface area (Å²) in [5.41, 5.74) is -3.75.